The monoisotopic (exact) mass is 485 g/mol. The highest BCUT2D eigenvalue weighted by atomic mass is 16.9. The van der Waals surface area contributed by atoms with E-state index < -0.39 is 48.1 Å². The van der Waals surface area contributed by atoms with Gasteiger partial charge in [-0.2, -0.15) is 5.06 Å². The first kappa shape index (κ1) is 23.5. The first-order chi connectivity index (χ1) is 15.8. The average molecular weight is 486 g/mol. The molecule has 0 unspecified atom stereocenters. The van der Waals surface area contributed by atoms with Crippen molar-refractivity contribution in [3.05, 3.63) is 0 Å². The van der Waals surface area contributed by atoms with E-state index in [0.717, 1.165) is 0 Å². The van der Waals surface area contributed by atoms with Crippen LogP contribution < -0.4 is 0 Å². The van der Waals surface area contributed by atoms with Gasteiger partial charge in [-0.15, -0.1) is 0 Å². The molecule has 11 nitrogen and oxygen atoms in total. The smallest absolute Gasteiger partial charge is 0.303 e. The number of rotatable bonds is 2. The molecule has 192 valence electrons. The topological polar surface area (TPSA) is 103 Å². The maximum atomic E-state index is 11.8. The number of hydroxylamine groups is 2. The molecule has 6 heterocycles. The molecule has 34 heavy (non-hydrogen) atoms. The molecule has 0 aromatic rings. The van der Waals surface area contributed by atoms with Gasteiger partial charge in [0.2, 0.25) is 0 Å². The van der Waals surface area contributed by atoms with Crippen LogP contribution >= 0.6 is 0 Å². The molecule has 0 bridgehead atoms. The van der Waals surface area contributed by atoms with Crippen molar-refractivity contribution >= 4 is 5.97 Å². The number of ether oxygens (including phenoxy) is 8. The van der Waals surface area contributed by atoms with Crippen LogP contribution in [0.2, 0.25) is 0 Å². The highest BCUT2D eigenvalue weighted by molar-refractivity contribution is 5.66. The Labute approximate surface area is 199 Å². The van der Waals surface area contributed by atoms with Gasteiger partial charge >= 0.3 is 5.97 Å². The minimum absolute atomic E-state index is 0.0872. The molecular formula is C23H35NO10. The van der Waals surface area contributed by atoms with Gasteiger partial charge in [0.1, 0.15) is 48.8 Å². The second-order valence-electron chi connectivity index (χ2n) is 11.4. The van der Waals surface area contributed by atoms with Crippen molar-refractivity contribution in [1.82, 2.24) is 5.06 Å². The molecule has 0 amide bonds. The van der Waals surface area contributed by atoms with Gasteiger partial charge in [0.05, 0.1) is 12.6 Å². The average Bonchev–Trinajstić information content (AvgIpc) is 3.40. The van der Waals surface area contributed by atoms with Crippen molar-refractivity contribution in [2.75, 3.05) is 6.54 Å². The number of carbonyl (C=O) groups excluding carboxylic acids is 1. The van der Waals surface area contributed by atoms with Crippen LogP contribution in [0.4, 0.5) is 0 Å². The summed E-state index contributed by atoms with van der Waals surface area (Å²) in [5.41, 5.74) is 0. The molecule has 0 saturated carbocycles. The van der Waals surface area contributed by atoms with E-state index >= 15 is 0 Å². The molecule has 6 aliphatic heterocycles. The van der Waals surface area contributed by atoms with Gasteiger partial charge in [-0.25, -0.2) is 0 Å². The van der Waals surface area contributed by atoms with Gasteiger partial charge in [-0.1, -0.05) is 0 Å². The zero-order valence-electron chi connectivity index (χ0n) is 20.7. The van der Waals surface area contributed by atoms with E-state index in [1.165, 1.54) is 6.92 Å². The lowest BCUT2D eigenvalue weighted by Crippen LogP contribution is -2.58. The van der Waals surface area contributed by atoms with Gasteiger partial charge in [0.25, 0.3) is 0 Å². The summed E-state index contributed by atoms with van der Waals surface area (Å²) >= 11 is 0. The summed E-state index contributed by atoms with van der Waals surface area (Å²) in [6.45, 7) is 13.0. The molecule has 6 rings (SSSR count). The quantitative estimate of drug-likeness (QED) is 0.528. The number of fused-ring (bicyclic) bond motifs is 6. The Balaban J connectivity index is 1.25. The summed E-state index contributed by atoms with van der Waals surface area (Å²) in [5, 5.41) is 1.85. The number of nitrogens with zero attached hydrogens (tertiary/aromatic N) is 1. The zero-order valence-corrected chi connectivity index (χ0v) is 20.7. The van der Waals surface area contributed by atoms with E-state index in [1.807, 2.05) is 46.6 Å². The Hall–Kier alpha value is -0.890. The van der Waals surface area contributed by atoms with Crippen LogP contribution in [-0.4, -0.2) is 96.1 Å². The summed E-state index contributed by atoms with van der Waals surface area (Å²) in [7, 11) is 0. The maximum absolute atomic E-state index is 11.8. The summed E-state index contributed by atoms with van der Waals surface area (Å²) < 4.78 is 49.1. The molecule has 0 aromatic carbocycles. The predicted molar refractivity (Wildman–Crippen MR) is 112 cm³/mol. The highest BCUT2D eigenvalue weighted by Gasteiger charge is 2.65. The summed E-state index contributed by atoms with van der Waals surface area (Å²) in [5.74, 6) is -2.72. The zero-order chi connectivity index (χ0) is 24.2. The van der Waals surface area contributed by atoms with E-state index in [4.69, 9.17) is 42.7 Å². The van der Waals surface area contributed by atoms with Crippen LogP contribution in [0.5, 0.6) is 0 Å². The Kier molecular flexibility index (Phi) is 5.23. The van der Waals surface area contributed by atoms with Crippen LogP contribution in [0.1, 0.15) is 54.9 Å². The normalized spacial score (nSPS) is 50.3. The second kappa shape index (κ2) is 7.56. The highest BCUT2D eigenvalue weighted by Crippen LogP contribution is 2.48. The van der Waals surface area contributed by atoms with Crippen molar-refractivity contribution in [1.29, 1.82) is 0 Å². The lowest BCUT2D eigenvalue weighted by Gasteiger charge is -2.40. The maximum Gasteiger partial charge on any atom is 0.303 e. The number of piperidine rings is 1. The predicted octanol–water partition coefficient (Wildman–Crippen LogP) is 1.22. The van der Waals surface area contributed by atoms with Crippen LogP contribution in [0.15, 0.2) is 0 Å². The Morgan fingerprint density at radius 3 is 2.00 bits per heavy atom. The van der Waals surface area contributed by atoms with Gasteiger partial charge in [-0.3, -0.25) is 9.63 Å². The van der Waals surface area contributed by atoms with Gasteiger partial charge in [-0.05, 0) is 48.0 Å². The molecule has 0 spiro atoms. The van der Waals surface area contributed by atoms with Crippen LogP contribution in [0.3, 0.4) is 0 Å². The van der Waals surface area contributed by atoms with E-state index in [2.05, 4.69) is 0 Å². The molecule has 0 radical (unpaired) electrons. The van der Waals surface area contributed by atoms with E-state index in [-0.39, 0.29) is 36.4 Å². The molecule has 11 heteroatoms. The summed E-state index contributed by atoms with van der Waals surface area (Å²) in [6, 6.07) is -0.0872. The molecule has 6 fully saturated rings. The number of carbonyl (C=O) groups is 1. The van der Waals surface area contributed by atoms with Gasteiger partial charge in [0, 0.05) is 6.92 Å². The largest absolute Gasteiger partial charge is 0.458 e. The fourth-order valence-corrected chi connectivity index (χ4v) is 6.26. The standard InChI is InChI=1S/C23H35NO10/c1-10(25)26-13-9-24-11(14-16(13)29-21(2,3)28-14)8-12(34-24)15-17-18(31-22(4,5)30-17)19-20(27-15)33-23(6,7)32-19/h11-20H,8-9H2,1-7H3/t11-,12-,13-,14-,15-,16+,17+,18+,19-,20-/m1/s1. The SMILES string of the molecule is CC(=O)O[C@@H]1CN2O[C@@H]([C@H]3O[C@@H]4OC(C)(C)O[C@@H]4[C@H]4OC(C)(C)O[C@H]43)C[C@@H]2[C@H]2OC(C)(C)O[C@H]21. The molecular weight excluding hydrogens is 450 g/mol. The third-order valence-electron chi connectivity index (χ3n) is 7.26. The fraction of sp³-hybridized carbons (Fsp3) is 0.957. The Morgan fingerprint density at radius 2 is 1.32 bits per heavy atom. The van der Waals surface area contributed by atoms with Crippen molar-refractivity contribution in [2.24, 2.45) is 0 Å². The molecule has 0 aromatic heterocycles. The molecule has 0 aliphatic carbocycles. The van der Waals surface area contributed by atoms with Crippen molar-refractivity contribution in [2.45, 2.75) is 133 Å². The van der Waals surface area contributed by atoms with E-state index in [0.29, 0.717) is 13.0 Å². The summed E-state index contributed by atoms with van der Waals surface area (Å²) in [6.07, 6.45) is -3.07. The first-order valence-electron chi connectivity index (χ1n) is 12.1. The van der Waals surface area contributed by atoms with Crippen LogP contribution in [0, 0.1) is 0 Å². The third kappa shape index (κ3) is 3.89. The van der Waals surface area contributed by atoms with E-state index in [1.54, 1.807) is 0 Å². The van der Waals surface area contributed by atoms with Crippen LogP contribution in [0.25, 0.3) is 0 Å². The minimum Gasteiger partial charge on any atom is -0.458 e. The number of esters is 1. The Morgan fingerprint density at radius 1 is 0.765 bits per heavy atom. The van der Waals surface area contributed by atoms with Gasteiger partial charge in [0.15, 0.2) is 23.7 Å². The number of hydrogen-bond donors (Lipinski definition) is 0. The third-order valence-corrected chi connectivity index (χ3v) is 7.26. The Bertz CT molecular complexity index is 848. The lowest BCUT2D eigenvalue weighted by atomic mass is 9.89. The van der Waals surface area contributed by atoms with Crippen molar-refractivity contribution < 1.29 is 47.5 Å². The van der Waals surface area contributed by atoms with Crippen molar-refractivity contribution in [3.8, 4) is 0 Å². The molecule has 6 aliphatic rings. The number of hydrogen-bond acceptors (Lipinski definition) is 11. The molecule has 0 N–H and O–H groups in total. The lowest BCUT2D eigenvalue weighted by molar-refractivity contribution is -0.284. The first-order valence-corrected chi connectivity index (χ1v) is 12.1. The van der Waals surface area contributed by atoms with Crippen LogP contribution in [-0.2, 0) is 47.5 Å². The minimum atomic E-state index is -0.788. The summed E-state index contributed by atoms with van der Waals surface area (Å²) in [4.78, 5) is 18.2. The van der Waals surface area contributed by atoms with Crippen molar-refractivity contribution in [3.63, 3.8) is 0 Å². The fourth-order valence-electron chi connectivity index (χ4n) is 6.26. The molecule has 6 saturated heterocycles. The molecule has 10 atom stereocenters. The van der Waals surface area contributed by atoms with E-state index in [9.17, 15) is 4.79 Å². The van der Waals surface area contributed by atoms with Gasteiger partial charge < -0.3 is 37.9 Å². The second-order valence-corrected chi connectivity index (χ2v) is 11.4.